The van der Waals surface area contributed by atoms with E-state index in [1.54, 1.807) is 21.3 Å². The number of fused-ring (bicyclic) bond motifs is 1. The van der Waals surface area contributed by atoms with Crippen LogP contribution in [0.25, 0.3) is 10.2 Å². The summed E-state index contributed by atoms with van der Waals surface area (Å²) in [5.41, 5.74) is 3.03. The van der Waals surface area contributed by atoms with Crippen LogP contribution in [0.5, 0.6) is 5.75 Å². The summed E-state index contributed by atoms with van der Waals surface area (Å²) >= 11 is 1.42. The number of nitrogens with zero attached hydrogens (tertiary/aromatic N) is 5. The highest BCUT2D eigenvalue weighted by Crippen LogP contribution is 2.35. The molecule has 5 rings (SSSR count). The van der Waals surface area contributed by atoms with Crippen LogP contribution in [0.2, 0.25) is 0 Å². The maximum absolute atomic E-state index is 13.9. The van der Waals surface area contributed by atoms with Crippen LogP contribution in [-0.4, -0.2) is 59.6 Å². The Kier molecular flexibility index (Phi) is 8.25. The van der Waals surface area contributed by atoms with Crippen LogP contribution in [0.1, 0.15) is 48.4 Å². The fraction of sp³-hybridized carbons (Fsp3) is 0.414. The molecule has 0 bridgehead atoms. The molecule has 9 nitrogen and oxygen atoms in total. The summed E-state index contributed by atoms with van der Waals surface area (Å²) in [6.07, 6.45) is 1.71. The molecule has 0 aliphatic carbocycles. The van der Waals surface area contributed by atoms with E-state index in [2.05, 4.69) is 12.0 Å². The van der Waals surface area contributed by atoms with Crippen molar-refractivity contribution in [2.24, 2.45) is 5.92 Å². The predicted octanol–water partition coefficient (Wildman–Crippen LogP) is 5.28. The van der Waals surface area contributed by atoms with Crippen LogP contribution in [0, 0.1) is 19.8 Å². The Morgan fingerprint density at radius 1 is 1.12 bits per heavy atom. The number of para-hydroxylation sites is 1. The van der Waals surface area contributed by atoms with E-state index >= 15 is 0 Å². The van der Waals surface area contributed by atoms with Gasteiger partial charge in [0.1, 0.15) is 11.3 Å². The third-order valence-electron chi connectivity index (χ3n) is 7.27. The lowest BCUT2D eigenvalue weighted by Crippen LogP contribution is -2.38. The number of rotatable bonds is 9. The van der Waals surface area contributed by atoms with Crippen LogP contribution in [0.4, 0.5) is 5.13 Å². The summed E-state index contributed by atoms with van der Waals surface area (Å²) in [5.74, 6) is 0.948. The molecule has 1 fully saturated rings. The average Bonchev–Trinajstić information content (AvgIpc) is 3.51. The minimum atomic E-state index is -3.60. The minimum absolute atomic E-state index is 0.203. The Morgan fingerprint density at radius 3 is 2.50 bits per heavy atom. The zero-order chi connectivity index (χ0) is 28.4. The number of hydrogen-bond acceptors (Lipinski definition) is 7. The summed E-state index contributed by atoms with van der Waals surface area (Å²) in [6, 6.07) is 14.0. The highest BCUT2D eigenvalue weighted by atomic mass is 32.2. The third-order valence-corrected chi connectivity index (χ3v) is 10.2. The Labute approximate surface area is 239 Å². The SMILES string of the molecule is CCOc1cccc2sc(N(CCn3nc(C)cc3C)C(=O)c3ccc(S(=O)(=O)N4CCC(C)CC4)cc3)nc12. The molecule has 11 heteroatoms. The lowest BCUT2D eigenvalue weighted by Gasteiger charge is -2.29. The van der Waals surface area contributed by atoms with E-state index in [9.17, 15) is 13.2 Å². The van der Waals surface area contributed by atoms with Gasteiger partial charge in [-0.1, -0.05) is 24.3 Å². The van der Waals surface area contributed by atoms with Crippen molar-refractivity contribution in [3.05, 3.63) is 65.5 Å². The van der Waals surface area contributed by atoms with Crippen molar-refractivity contribution in [2.75, 3.05) is 31.1 Å². The first kappa shape index (κ1) is 28.3. The normalized spacial score (nSPS) is 15.0. The van der Waals surface area contributed by atoms with Gasteiger partial charge in [0.15, 0.2) is 5.13 Å². The smallest absolute Gasteiger partial charge is 0.260 e. The van der Waals surface area contributed by atoms with E-state index < -0.39 is 10.0 Å². The first-order valence-corrected chi connectivity index (χ1v) is 15.9. The number of amides is 1. The standard InChI is InChI=1S/C29H35N5O4S2/c1-5-38-25-7-6-8-26-27(25)30-29(39-26)33(17-18-34-22(4)19-21(3)31-34)28(35)23-9-11-24(12-10-23)40(36,37)32-15-13-20(2)14-16-32/h6-12,19-20H,5,13-18H2,1-4H3. The topological polar surface area (TPSA) is 97.6 Å². The van der Waals surface area contributed by atoms with Crippen molar-refractivity contribution in [1.82, 2.24) is 19.1 Å². The van der Waals surface area contributed by atoms with Crippen LogP contribution in [-0.2, 0) is 16.6 Å². The highest BCUT2D eigenvalue weighted by molar-refractivity contribution is 7.89. The van der Waals surface area contributed by atoms with Gasteiger partial charge in [-0.05, 0) is 82.0 Å². The number of benzene rings is 2. The van der Waals surface area contributed by atoms with Crippen molar-refractivity contribution in [3.63, 3.8) is 0 Å². The molecule has 0 N–H and O–H groups in total. The summed E-state index contributed by atoms with van der Waals surface area (Å²) in [6.45, 7) is 10.4. The van der Waals surface area contributed by atoms with Crippen molar-refractivity contribution < 1.29 is 17.9 Å². The van der Waals surface area contributed by atoms with Gasteiger partial charge in [0.25, 0.3) is 5.91 Å². The van der Waals surface area contributed by atoms with Gasteiger partial charge in [0.05, 0.1) is 28.4 Å². The van der Waals surface area contributed by atoms with E-state index in [0.29, 0.717) is 60.7 Å². The zero-order valence-corrected chi connectivity index (χ0v) is 25.0. The number of sulfonamides is 1. The van der Waals surface area contributed by atoms with Gasteiger partial charge in [-0.3, -0.25) is 14.4 Å². The van der Waals surface area contributed by atoms with Crippen LogP contribution < -0.4 is 9.64 Å². The number of anilines is 1. The van der Waals surface area contributed by atoms with Gasteiger partial charge in [0, 0.05) is 30.9 Å². The molecule has 4 aromatic rings. The molecule has 2 aromatic carbocycles. The van der Waals surface area contributed by atoms with Crippen molar-refractivity contribution >= 4 is 42.6 Å². The summed E-state index contributed by atoms with van der Waals surface area (Å²) in [7, 11) is -3.60. The van der Waals surface area contributed by atoms with Gasteiger partial charge in [-0.25, -0.2) is 13.4 Å². The number of carbonyl (C=O) groups excluding carboxylic acids is 1. The van der Waals surface area contributed by atoms with Gasteiger partial charge >= 0.3 is 0 Å². The molecule has 1 saturated heterocycles. The van der Waals surface area contributed by atoms with E-state index in [-0.39, 0.29) is 10.8 Å². The van der Waals surface area contributed by atoms with Gasteiger partial charge in [-0.15, -0.1) is 0 Å². The van der Waals surface area contributed by atoms with Gasteiger partial charge < -0.3 is 4.74 Å². The Hall–Kier alpha value is -3.28. The third kappa shape index (κ3) is 5.77. The number of hydrogen-bond donors (Lipinski definition) is 0. The minimum Gasteiger partial charge on any atom is -0.492 e. The van der Waals surface area contributed by atoms with Crippen LogP contribution in [0.3, 0.4) is 0 Å². The lowest BCUT2D eigenvalue weighted by molar-refractivity contribution is 0.0985. The molecule has 40 heavy (non-hydrogen) atoms. The van der Waals surface area contributed by atoms with Crippen LogP contribution in [0.15, 0.2) is 53.4 Å². The second-order valence-corrected chi connectivity index (χ2v) is 13.2. The first-order chi connectivity index (χ1) is 19.2. The van der Waals surface area contributed by atoms with Crippen LogP contribution >= 0.6 is 11.3 Å². The highest BCUT2D eigenvalue weighted by Gasteiger charge is 2.29. The number of aryl methyl sites for hydroxylation is 2. The number of ether oxygens (including phenoxy) is 1. The van der Waals surface area contributed by atoms with E-state index in [1.165, 1.54) is 23.5 Å². The number of carbonyl (C=O) groups is 1. The average molecular weight is 582 g/mol. The van der Waals surface area contributed by atoms with Crippen molar-refractivity contribution in [2.45, 2.75) is 52.0 Å². The van der Waals surface area contributed by atoms with Crippen molar-refractivity contribution in [3.8, 4) is 5.75 Å². The second kappa shape index (κ2) is 11.7. The number of aromatic nitrogens is 3. The molecule has 0 saturated carbocycles. The molecular formula is C29H35N5O4S2. The Balaban J connectivity index is 1.45. The molecular weight excluding hydrogens is 546 g/mol. The summed E-state index contributed by atoms with van der Waals surface area (Å²) < 4.78 is 36.5. The molecule has 3 heterocycles. The fourth-order valence-corrected chi connectivity index (χ4v) is 7.46. The van der Waals surface area contributed by atoms with E-state index in [4.69, 9.17) is 9.72 Å². The zero-order valence-electron chi connectivity index (χ0n) is 23.3. The van der Waals surface area contributed by atoms with Crippen molar-refractivity contribution in [1.29, 1.82) is 0 Å². The molecule has 0 atom stereocenters. The molecule has 2 aromatic heterocycles. The number of piperidine rings is 1. The largest absolute Gasteiger partial charge is 0.492 e. The van der Waals surface area contributed by atoms with Gasteiger partial charge in [0.2, 0.25) is 10.0 Å². The number of thiazole rings is 1. The molecule has 212 valence electrons. The molecule has 0 radical (unpaired) electrons. The van der Waals surface area contributed by atoms with E-state index in [1.807, 2.05) is 49.7 Å². The predicted molar refractivity (Wildman–Crippen MR) is 158 cm³/mol. The second-order valence-electron chi connectivity index (χ2n) is 10.3. The Bertz CT molecular complexity index is 1600. The Morgan fingerprint density at radius 2 is 1.85 bits per heavy atom. The fourth-order valence-electron chi connectivity index (χ4n) is 4.98. The lowest BCUT2D eigenvalue weighted by atomic mass is 10.0. The maximum Gasteiger partial charge on any atom is 0.260 e. The molecule has 0 spiro atoms. The quantitative estimate of drug-likeness (QED) is 0.267. The molecule has 0 unspecified atom stereocenters. The summed E-state index contributed by atoms with van der Waals surface area (Å²) in [4.78, 5) is 20.6. The van der Waals surface area contributed by atoms with Gasteiger partial charge in [-0.2, -0.15) is 9.40 Å². The monoisotopic (exact) mass is 581 g/mol. The molecule has 1 aliphatic rings. The maximum atomic E-state index is 13.9. The summed E-state index contributed by atoms with van der Waals surface area (Å²) in [5, 5.41) is 5.10. The van der Waals surface area contributed by atoms with E-state index in [0.717, 1.165) is 28.9 Å². The molecule has 1 amide bonds. The first-order valence-electron chi connectivity index (χ1n) is 13.6. The molecule has 1 aliphatic heterocycles.